The number of nitrogens with zero attached hydrogens (tertiary/aromatic N) is 2. The van der Waals surface area contributed by atoms with Crippen LogP contribution in [0.2, 0.25) is 0 Å². The Labute approximate surface area is 121 Å². The Morgan fingerprint density at radius 3 is 2.79 bits per heavy atom. The van der Waals surface area contributed by atoms with Gasteiger partial charge in [-0.2, -0.15) is 5.10 Å². The Balaban J connectivity index is 2.29. The minimum atomic E-state index is -0.176. The summed E-state index contributed by atoms with van der Waals surface area (Å²) in [5, 5.41) is 7.57. The molecule has 2 aromatic rings. The lowest BCUT2D eigenvalue weighted by atomic mass is 9.99. The number of rotatable bonds is 4. The first-order valence-electron chi connectivity index (χ1n) is 6.12. The van der Waals surface area contributed by atoms with Gasteiger partial charge in [0.2, 0.25) is 0 Å². The van der Waals surface area contributed by atoms with E-state index in [0.717, 1.165) is 15.7 Å². The Morgan fingerprint density at radius 1 is 1.47 bits per heavy atom. The van der Waals surface area contributed by atoms with Crippen molar-refractivity contribution in [2.45, 2.75) is 19.4 Å². The predicted molar refractivity (Wildman–Crippen MR) is 77.5 cm³/mol. The van der Waals surface area contributed by atoms with E-state index in [9.17, 15) is 4.39 Å². The van der Waals surface area contributed by atoms with Crippen LogP contribution in [-0.4, -0.2) is 16.8 Å². The first kappa shape index (κ1) is 14.2. The van der Waals surface area contributed by atoms with Crippen LogP contribution >= 0.6 is 15.9 Å². The maximum Gasteiger partial charge on any atom is 0.126 e. The molecule has 0 bridgehead atoms. The summed E-state index contributed by atoms with van der Waals surface area (Å²) in [7, 11) is 3.77. The number of likely N-dealkylation sites (N-methyl/N-ethyl adjacent to an activating group) is 1. The van der Waals surface area contributed by atoms with Crippen molar-refractivity contribution < 1.29 is 4.39 Å². The van der Waals surface area contributed by atoms with Crippen LogP contribution in [-0.2, 0) is 13.5 Å². The fourth-order valence-corrected chi connectivity index (χ4v) is 2.66. The molecule has 0 aliphatic rings. The molecule has 3 nitrogen and oxygen atoms in total. The van der Waals surface area contributed by atoms with E-state index in [-0.39, 0.29) is 11.9 Å². The van der Waals surface area contributed by atoms with Crippen LogP contribution in [0.5, 0.6) is 0 Å². The van der Waals surface area contributed by atoms with Crippen molar-refractivity contribution in [1.29, 1.82) is 0 Å². The monoisotopic (exact) mass is 325 g/mol. The molecule has 0 amide bonds. The van der Waals surface area contributed by atoms with E-state index in [1.165, 1.54) is 6.07 Å². The second-order valence-electron chi connectivity index (χ2n) is 4.62. The second kappa shape index (κ2) is 5.84. The van der Waals surface area contributed by atoms with Gasteiger partial charge >= 0.3 is 0 Å². The van der Waals surface area contributed by atoms with Crippen molar-refractivity contribution in [3.8, 4) is 0 Å². The minimum Gasteiger partial charge on any atom is -0.313 e. The number of aromatic nitrogens is 2. The van der Waals surface area contributed by atoms with E-state index in [1.807, 2.05) is 33.3 Å². The molecule has 0 saturated heterocycles. The van der Waals surface area contributed by atoms with E-state index < -0.39 is 0 Å². The van der Waals surface area contributed by atoms with Crippen molar-refractivity contribution >= 4 is 15.9 Å². The molecule has 1 heterocycles. The highest BCUT2D eigenvalue weighted by atomic mass is 79.9. The summed E-state index contributed by atoms with van der Waals surface area (Å²) >= 11 is 3.38. The molecule has 5 heteroatoms. The van der Waals surface area contributed by atoms with Crippen molar-refractivity contribution in [3.05, 3.63) is 51.5 Å². The molecule has 102 valence electrons. The Morgan fingerprint density at radius 2 is 2.21 bits per heavy atom. The largest absolute Gasteiger partial charge is 0.313 e. The number of halogens is 2. The number of nitrogens with one attached hydrogen (secondary N) is 1. The predicted octanol–water partition coefficient (Wildman–Crippen LogP) is 3.13. The lowest BCUT2D eigenvalue weighted by molar-refractivity contribution is 0.552. The van der Waals surface area contributed by atoms with Gasteiger partial charge in [-0.15, -0.1) is 0 Å². The summed E-state index contributed by atoms with van der Waals surface area (Å²) in [5.41, 5.74) is 2.76. The van der Waals surface area contributed by atoms with Gasteiger partial charge in [0.25, 0.3) is 0 Å². The SMILES string of the molecule is CNC(Cc1cc(Br)ccc1F)c1cn(C)nc1C. The zero-order valence-electron chi connectivity index (χ0n) is 11.2. The maximum absolute atomic E-state index is 13.8. The third-order valence-electron chi connectivity index (χ3n) is 3.21. The smallest absolute Gasteiger partial charge is 0.126 e. The molecule has 1 N–H and O–H groups in total. The number of hydrogen-bond donors (Lipinski definition) is 1. The zero-order chi connectivity index (χ0) is 14.0. The highest BCUT2D eigenvalue weighted by molar-refractivity contribution is 9.10. The molecule has 19 heavy (non-hydrogen) atoms. The molecule has 2 rings (SSSR count). The van der Waals surface area contributed by atoms with Gasteiger partial charge in [0.1, 0.15) is 5.82 Å². The molecule has 0 aliphatic carbocycles. The Kier molecular flexibility index (Phi) is 4.37. The topological polar surface area (TPSA) is 29.9 Å². The molecule has 1 atom stereocenters. The highest BCUT2D eigenvalue weighted by Gasteiger charge is 2.17. The molecule has 0 aliphatic heterocycles. The van der Waals surface area contributed by atoms with E-state index in [0.29, 0.717) is 12.0 Å². The molecule has 0 spiro atoms. The molecule has 1 unspecified atom stereocenters. The molecule has 0 radical (unpaired) electrons. The van der Waals surface area contributed by atoms with Crippen LogP contribution < -0.4 is 5.32 Å². The molecule has 0 saturated carbocycles. The van der Waals surface area contributed by atoms with Crippen LogP contribution in [0.25, 0.3) is 0 Å². The fraction of sp³-hybridized carbons (Fsp3) is 0.357. The summed E-state index contributed by atoms with van der Waals surface area (Å²) in [4.78, 5) is 0. The molecular formula is C14H17BrFN3. The van der Waals surface area contributed by atoms with Gasteiger partial charge in [0.15, 0.2) is 0 Å². The molecule has 1 aromatic carbocycles. The summed E-state index contributed by atoms with van der Waals surface area (Å²) < 4.78 is 16.5. The molecule has 0 fully saturated rings. The number of hydrogen-bond acceptors (Lipinski definition) is 2. The number of aryl methyl sites for hydroxylation is 2. The maximum atomic E-state index is 13.8. The van der Waals surface area contributed by atoms with E-state index in [2.05, 4.69) is 26.3 Å². The van der Waals surface area contributed by atoms with Crippen LogP contribution in [0.15, 0.2) is 28.9 Å². The van der Waals surface area contributed by atoms with Gasteiger partial charge in [0.05, 0.1) is 5.69 Å². The van der Waals surface area contributed by atoms with Crippen LogP contribution in [0, 0.1) is 12.7 Å². The van der Waals surface area contributed by atoms with Crippen molar-refractivity contribution in [2.75, 3.05) is 7.05 Å². The summed E-state index contributed by atoms with van der Waals surface area (Å²) in [6, 6.07) is 5.08. The van der Waals surface area contributed by atoms with Gasteiger partial charge in [-0.25, -0.2) is 4.39 Å². The minimum absolute atomic E-state index is 0.0532. The third-order valence-corrected chi connectivity index (χ3v) is 3.70. The van der Waals surface area contributed by atoms with Gasteiger partial charge in [-0.3, -0.25) is 4.68 Å². The van der Waals surface area contributed by atoms with Gasteiger partial charge in [-0.05, 0) is 44.2 Å². The molecule has 1 aromatic heterocycles. The van der Waals surface area contributed by atoms with Gasteiger partial charge in [-0.1, -0.05) is 15.9 Å². The lowest BCUT2D eigenvalue weighted by Gasteiger charge is -2.16. The summed E-state index contributed by atoms with van der Waals surface area (Å²) in [6.45, 7) is 1.97. The van der Waals surface area contributed by atoms with Crippen LogP contribution in [0.3, 0.4) is 0 Å². The van der Waals surface area contributed by atoms with Gasteiger partial charge < -0.3 is 5.32 Å². The van der Waals surface area contributed by atoms with Crippen LogP contribution in [0.1, 0.15) is 22.9 Å². The van der Waals surface area contributed by atoms with E-state index in [4.69, 9.17) is 0 Å². The first-order chi connectivity index (χ1) is 9.01. The van der Waals surface area contributed by atoms with Gasteiger partial charge in [0, 0.05) is 29.3 Å². The normalized spacial score (nSPS) is 12.7. The fourth-order valence-electron chi connectivity index (χ4n) is 2.25. The second-order valence-corrected chi connectivity index (χ2v) is 5.54. The highest BCUT2D eigenvalue weighted by Crippen LogP contribution is 2.24. The first-order valence-corrected chi connectivity index (χ1v) is 6.92. The molecular weight excluding hydrogens is 309 g/mol. The quantitative estimate of drug-likeness (QED) is 0.935. The van der Waals surface area contributed by atoms with Crippen molar-refractivity contribution in [1.82, 2.24) is 15.1 Å². The van der Waals surface area contributed by atoms with E-state index in [1.54, 1.807) is 10.7 Å². The van der Waals surface area contributed by atoms with Crippen molar-refractivity contribution in [3.63, 3.8) is 0 Å². The van der Waals surface area contributed by atoms with Crippen molar-refractivity contribution in [2.24, 2.45) is 7.05 Å². The zero-order valence-corrected chi connectivity index (χ0v) is 12.8. The number of benzene rings is 1. The summed E-state index contributed by atoms with van der Waals surface area (Å²) in [6.07, 6.45) is 2.57. The lowest BCUT2D eigenvalue weighted by Crippen LogP contribution is -2.19. The Bertz CT molecular complexity index is 580. The average molecular weight is 326 g/mol. The third kappa shape index (κ3) is 3.22. The Hall–Kier alpha value is -1.20. The average Bonchev–Trinajstić information content (AvgIpc) is 2.69. The van der Waals surface area contributed by atoms with E-state index >= 15 is 0 Å². The van der Waals surface area contributed by atoms with Crippen LogP contribution in [0.4, 0.5) is 4.39 Å². The standard InChI is InChI=1S/C14H17BrFN3/c1-9-12(8-19(3)18-9)14(17-2)7-10-6-11(15)4-5-13(10)16/h4-6,8,14,17H,7H2,1-3H3. The summed E-state index contributed by atoms with van der Waals surface area (Å²) in [5.74, 6) is -0.176.